The van der Waals surface area contributed by atoms with E-state index >= 15 is 0 Å². The fourth-order valence-electron chi connectivity index (χ4n) is 2.04. The molecule has 0 aliphatic carbocycles. The molecule has 8 heteroatoms. The van der Waals surface area contributed by atoms with Crippen molar-refractivity contribution in [3.05, 3.63) is 40.7 Å². The molecule has 26 heavy (non-hydrogen) atoms. The Morgan fingerprint density at radius 3 is 2.31 bits per heavy atom. The highest BCUT2D eigenvalue weighted by Crippen LogP contribution is 2.01. The molecule has 1 unspecified atom stereocenters. The highest BCUT2D eigenvalue weighted by molar-refractivity contribution is 5.90. The van der Waals surface area contributed by atoms with E-state index in [2.05, 4.69) is 21.5 Å². The van der Waals surface area contributed by atoms with Gasteiger partial charge < -0.3 is 20.1 Å². The van der Waals surface area contributed by atoms with Gasteiger partial charge in [-0.1, -0.05) is 30.3 Å². The van der Waals surface area contributed by atoms with Crippen LogP contribution in [-0.4, -0.2) is 51.2 Å². The van der Waals surface area contributed by atoms with E-state index in [4.69, 9.17) is 9.47 Å². The first-order valence-corrected chi connectivity index (χ1v) is 8.04. The van der Waals surface area contributed by atoms with E-state index < -0.39 is 23.8 Å². The van der Waals surface area contributed by atoms with E-state index in [1.165, 1.54) is 21.1 Å². The molecule has 2 atom stereocenters. The van der Waals surface area contributed by atoms with Crippen LogP contribution < -0.4 is 10.6 Å². The predicted molar refractivity (Wildman–Crippen MR) is 95.4 cm³/mol. The molecule has 0 aliphatic heterocycles. The third-order valence-electron chi connectivity index (χ3n) is 3.30. The van der Waals surface area contributed by atoms with Crippen molar-refractivity contribution in [2.75, 3.05) is 27.4 Å². The summed E-state index contributed by atoms with van der Waals surface area (Å²) in [6.45, 7) is 1.55. The van der Waals surface area contributed by atoms with Crippen LogP contribution in [0.25, 0.3) is 4.85 Å². The van der Waals surface area contributed by atoms with Gasteiger partial charge in [-0.25, -0.2) is 4.79 Å². The summed E-state index contributed by atoms with van der Waals surface area (Å²) in [5.41, 5.74) is 0.933. The van der Waals surface area contributed by atoms with E-state index in [1.807, 2.05) is 30.3 Å². The van der Waals surface area contributed by atoms with Gasteiger partial charge in [-0.2, -0.15) is 0 Å². The van der Waals surface area contributed by atoms with E-state index in [0.29, 0.717) is 6.54 Å². The molecule has 3 amide bonds. The van der Waals surface area contributed by atoms with Gasteiger partial charge in [0.15, 0.2) is 5.92 Å². The average Bonchev–Trinajstić information content (AvgIpc) is 2.63. The van der Waals surface area contributed by atoms with Crippen molar-refractivity contribution in [3.8, 4) is 6.07 Å². The molecule has 1 aromatic rings. The number of amides is 3. The predicted octanol–water partition coefficient (Wildman–Crippen LogP) is 0.576. The molecule has 8 nitrogen and oxygen atoms in total. The van der Waals surface area contributed by atoms with Crippen LogP contribution in [0.2, 0.25) is 0 Å². The van der Waals surface area contributed by atoms with Crippen LogP contribution in [0.5, 0.6) is 0 Å². The van der Waals surface area contributed by atoms with E-state index in [0.717, 1.165) is 5.56 Å². The number of rotatable bonds is 9. The van der Waals surface area contributed by atoms with Crippen molar-refractivity contribution in [1.82, 2.24) is 10.6 Å². The maximum absolute atomic E-state index is 12.4. The second kappa shape index (κ2) is 11.7. The Morgan fingerprint density at radius 2 is 1.73 bits per heavy atom. The average molecular weight is 362 g/mol. The Bertz CT molecular complexity index is 666. The van der Waals surface area contributed by atoms with Crippen LogP contribution in [0, 0.1) is 12.0 Å². The lowest BCUT2D eigenvalue weighted by Crippen LogP contribution is -2.51. The number of methoxy groups -OCH3 is 2. The van der Waals surface area contributed by atoms with Gasteiger partial charge >= 0.3 is 12.0 Å². The number of hydrogen-bond donors (Lipinski definition) is 2. The highest BCUT2D eigenvalue weighted by Gasteiger charge is 2.28. The van der Waals surface area contributed by atoms with Crippen LogP contribution in [0.1, 0.15) is 12.5 Å². The smallest absolute Gasteiger partial charge is 0.383 e. The summed E-state index contributed by atoms with van der Waals surface area (Å²) in [5.74, 6) is -2.31. The highest BCUT2D eigenvalue weighted by atomic mass is 16.5. The molecule has 0 fully saturated rings. The largest absolute Gasteiger partial charge is 0.511 e. The Morgan fingerprint density at radius 1 is 1.08 bits per heavy atom. The van der Waals surface area contributed by atoms with Crippen molar-refractivity contribution in [2.45, 2.75) is 19.5 Å². The van der Waals surface area contributed by atoms with Crippen molar-refractivity contribution in [1.29, 1.82) is 0 Å². The maximum Gasteiger partial charge on any atom is 0.511 e. The van der Waals surface area contributed by atoms with Crippen LogP contribution in [0.3, 0.4) is 0 Å². The third-order valence-corrected chi connectivity index (χ3v) is 3.30. The van der Waals surface area contributed by atoms with Crippen LogP contribution in [0.15, 0.2) is 30.3 Å². The van der Waals surface area contributed by atoms with Gasteiger partial charge in [0.05, 0.1) is 20.1 Å². The maximum atomic E-state index is 12.4. The lowest BCUT2D eigenvalue weighted by molar-refractivity contribution is -0.132. The summed E-state index contributed by atoms with van der Waals surface area (Å²) in [6.07, 6.45) is 0. The quantitative estimate of drug-likeness (QED) is 0.669. The number of benzene rings is 1. The first kappa shape index (κ1) is 21.3. The lowest BCUT2D eigenvalue weighted by atomic mass is 10.1. The topological polar surface area (TPSA) is 98.1 Å². The molecule has 0 aliphatic rings. The molecule has 0 aromatic heterocycles. The second-order valence-electron chi connectivity index (χ2n) is 5.49. The van der Waals surface area contributed by atoms with Crippen molar-refractivity contribution >= 4 is 17.7 Å². The van der Waals surface area contributed by atoms with Crippen LogP contribution in [-0.2, 0) is 30.4 Å². The molecule has 0 spiro atoms. The molecule has 2 N–H and O–H groups in total. The van der Waals surface area contributed by atoms with Gasteiger partial charge in [0.1, 0.15) is 6.04 Å². The minimum absolute atomic E-state index is 0.00405. The van der Waals surface area contributed by atoms with Gasteiger partial charge in [0.2, 0.25) is 11.8 Å². The van der Waals surface area contributed by atoms with Gasteiger partial charge in [0, 0.05) is 25.6 Å². The second-order valence-corrected chi connectivity index (χ2v) is 5.49. The number of ether oxygens (including phenoxy) is 2. The number of carbonyl (C=O) groups is 3. The first-order chi connectivity index (χ1) is 12.5. The molecule has 0 radical (unpaired) electrons. The standard InChI is InChI=1S/C18H23N3O5/c1-13(22)19-10-15(11-25-2)17(23)21-16(12-26-3)18(24)20-9-14-7-5-4-6-8-14/h4-8,15-16H,9,11-12H2,1-3H3,(H-,20,21,23,24)/p+1/t15?,16-/m0/s1. The zero-order valence-corrected chi connectivity index (χ0v) is 15.2. The van der Waals surface area contributed by atoms with Crippen LogP contribution >= 0.6 is 0 Å². The monoisotopic (exact) mass is 362 g/mol. The number of nitrogens with zero attached hydrogens (tertiary/aromatic N) is 1. The summed E-state index contributed by atoms with van der Waals surface area (Å²) < 4.78 is 9.95. The SMILES string of the molecule is COCC(C#[N+]C(C)=O)C(=O)N[C@@H](COC)C(=O)NCc1ccccc1. The van der Waals surface area contributed by atoms with Gasteiger partial charge in [-0.15, -0.1) is 0 Å². The van der Waals surface area contributed by atoms with Crippen molar-refractivity contribution < 1.29 is 23.9 Å². The minimum atomic E-state index is -0.912. The van der Waals surface area contributed by atoms with Crippen LogP contribution in [0.4, 0.5) is 0 Å². The number of carbonyl (C=O) groups excluding carboxylic acids is 3. The summed E-state index contributed by atoms with van der Waals surface area (Å²) >= 11 is 0. The van der Waals surface area contributed by atoms with E-state index in [9.17, 15) is 14.4 Å². The molecule has 1 rings (SSSR count). The molecule has 0 bridgehead atoms. The van der Waals surface area contributed by atoms with Gasteiger partial charge in [-0.3, -0.25) is 9.59 Å². The Balaban J connectivity index is 2.72. The summed E-state index contributed by atoms with van der Waals surface area (Å²) in [4.78, 5) is 39.1. The summed E-state index contributed by atoms with van der Waals surface area (Å²) in [6, 6.07) is 10.9. The zero-order valence-electron chi connectivity index (χ0n) is 15.2. The Kier molecular flexibility index (Phi) is 9.61. The van der Waals surface area contributed by atoms with Gasteiger partial charge in [0.25, 0.3) is 0 Å². The Hall–Kier alpha value is -2.76. The third kappa shape index (κ3) is 7.88. The molecule has 1 aromatic carbocycles. The van der Waals surface area contributed by atoms with Crippen molar-refractivity contribution in [3.63, 3.8) is 0 Å². The number of nitrogens with one attached hydrogen (secondary N) is 2. The first-order valence-electron chi connectivity index (χ1n) is 8.04. The molecule has 0 heterocycles. The Labute approximate surface area is 152 Å². The molecule has 140 valence electrons. The molecular weight excluding hydrogens is 338 g/mol. The lowest BCUT2D eigenvalue weighted by Gasteiger charge is -2.18. The molecular formula is C18H24N3O5+. The molecule has 0 saturated carbocycles. The minimum Gasteiger partial charge on any atom is -0.383 e. The van der Waals surface area contributed by atoms with Gasteiger partial charge in [-0.05, 0) is 5.56 Å². The zero-order chi connectivity index (χ0) is 19.4. The molecule has 0 saturated heterocycles. The summed E-state index contributed by atoms with van der Waals surface area (Å²) in [5, 5.41) is 5.32. The number of hydrogen-bond acceptors (Lipinski definition) is 5. The fourth-order valence-corrected chi connectivity index (χ4v) is 2.04. The van der Waals surface area contributed by atoms with E-state index in [-0.39, 0.29) is 19.1 Å². The fraction of sp³-hybridized carbons (Fsp3) is 0.444. The van der Waals surface area contributed by atoms with Crippen molar-refractivity contribution in [2.24, 2.45) is 5.92 Å². The summed E-state index contributed by atoms with van der Waals surface area (Å²) in [7, 11) is 2.84. The normalized spacial score (nSPS) is 12.3. The van der Waals surface area contributed by atoms with E-state index in [1.54, 1.807) is 0 Å².